The Morgan fingerprint density at radius 2 is 2.13 bits per heavy atom. The van der Waals surface area contributed by atoms with Gasteiger partial charge in [-0.1, -0.05) is 20.8 Å². The highest BCUT2D eigenvalue weighted by Crippen LogP contribution is 2.46. The van der Waals surface area contributed by atoms with Crippen molar-refractivity contribution in [3.05, 3.63) is 0 Å². The standard InChI is InChI=1S/C12H22O3/c1-5-15-11(14)10(13)9-7-12(3,4)6-8(9)2/h8-10,13H,5-7H2,1-4H3. The van der Waals surface area contributed by atoms with Gasteiger partial charge in [0.1, 0.15) is 0 Å². The van der Waals surface area contributed by atoms with E-state index in [1.807, 2.05) is 0 Å². The quantitative estimate of drug-likeness (QED) is 0.731. The Labute approximate surface area is 91.8 Å². The molecule has 0 spiro atoms. The van der Waals surface area contributed by atoms with Gasteiger partial charge in [0.15, 0.2) is 6.10 Å². The van der Waals surface area contributed by atoms with Crippen LogP contribution in [0.5, 0.6) is 0 Å². The van der Waals surface area contributed by atoms with Gasteiger partial charge < -0.3 is 9.84 Å². The van der Waals surface area contributed by atoms with E-state index in [-0.39, 0.29) is 11.3 Å². The predicted molar refractivity (Wildman–Crippen MR) is 58.3 cm³/mol. The Hall–Kier alpha value is -0.570. The fourth-order valence-corrected chi connectivity index (χ4v) is 2.77. The monoisotopic (exact) mass is 214 g/mol. The number of aliphatic hydroxyl groups is 1. The average Bonchev–Trinajstić information content (AvgIpc) is 2.39. The van der Waals surface area contributed by atoms with Gasteiger partial charge in [0, 0.05) is 0 Å². The number of carbonyl (C=O) groups excluding carboxylic acids is 1. The van der Waals surface area contributed by atoms with Crippen molar-refractivity contribution in [3.63, 3.8) is 0 Å². The van der Waals surface area contributed by atoms with Crippen LogP contribution in [0.2, 0.25) is 0 Å². The first-order chi connectivity index (χ1) is 6.87. The Morgan fingerprint density at radius 1 is 1.53 bits per heavy atom. The normalized spacial score (nSPS) is 31.3. The summed E-state index contributed by atoms with van der Waals surface area (Å²) in [5.41, 5.74) is 0.234. The fraction of sp³-hybridized carbons (Fsp3) is 0.917. The summed E-state index contributed by atoms with van der Waals surface area (Å²) in [5.74, 6) is -0.0227. The zero-order chi connectivity index (χ0) is 11.6. The molecule has 15 heavy (non-hydrogen) atoms. The van der Waals surface area contributed by atoms with E-state index in [0.717, 1.165) is 12.8 Å². The van der Waals surface area contributed by atoms with E-state index in [1.54, 1.807) is 6.92 Å². The number of esters is 1. The molecule has 1 aliphatic rings. The molecule has 0 aliphatic heterocycles. The van der Waals surface area contributed by atoms with Gasteiger partial charge >= 0.3 is 5.97 Å². The lowest BCUT2D eigenvalue weighted by Gasteiger charge is -2.21. The summed E-state index contributed by atoms with van der Waals surface area (Å²) in [4.78, 5) is 11.4. The van der Waals surface area contributed by atoms with E-state index in [1.165, 1.54) is 0 Å². The molecule has 1 N–H and O–H groups in total. The van der Waals surface area contributed by atoms with Crippen molar-refractivity contribution < 1.29 is 14.6 Å². The van der Waals surface area contributed by atoms with E-state index in [2.05, 4.69) is 20.8 Å². The van der Waals surface area contributed by atoms with Gasteiger partial charge in [-0.15, -0.1) is 0 Å². The molecule has 0 saturated heterocycles. The Kier molecular flexibility index (Phi) is 3.77. The summed E-state index contributed by atoms with van der Waals surface area (Å²) in [6, 6.07) is 0. The average molecular weight is 214 g/mol. The van der Waals surface area contributed by atoms with Gasteiger partial charge in [-0.05, 0) is 37.0 Å². The zero-order valence-corrected chi connectivity index (χ0v) is 10.1. The number of carbonyl (C=O) groups is 1. The van der Waals surface area contributed by atoms with Crippen molar-refractivity contribution in [2.45, 2.75) is 46.6 Å². The molecule has 3 unspecified atom stereocenters. The maximum absolute atomic E-state index is 11.4. The smallest absolute Gasteiger partial charge is 0.335 e. The van der Waals surface area contributed by atoms with Crippen LogP contribution in [0.4, 0.5) is 0 Å². The van der Waals surface area contributed by atoms with Gasteiger partial charge in [-0.2, -0.15) is 0 Å². The molecule has 0 aromatic rings. The van der Waals surface area contributed by atoms with Crippen molar-refractivity contribution in [3.8, 4) is 0 Å². The molecular weight excluding hydrogens is 192 g/mol. The third-order valence-corrected chi connectivity index (χ3v) is 3.33. The van der Waals surface area contributed by atoms with Gasteiger partial charge in [0.25, 0.3) is 0 Å². The lowest BCUT2D eigenvalue weighted by atomic mass is 9.89. The minimum Gasteiger partial charge on any atom is -0.464 e. The molecule has 0 aromatic heterocycles. The molecule has 0 heterocycles. The first kappa shape index (κ1) is 12.5. The zero-order valence-electron chi connectivity index (χ0n) is 10.1. The number of hydrogen-bond acceptors (Lipinski definition) is 3. The van der Waals surface area contributed by atoms with Crippen LogP contribution in [-0.4, -0.2) is 23.8 Å². The van der Waals surface area contributed by atoms with E-state index in [4.69, 9.17) is 4.74 Å². The Bertz CT molecular complexity index is 235. The maximum atomic E-state index is 11.4. The summed E-state index contributed by atoms with van der Waals surface area (Å²) in [5, 5.41) is 9.88. The SMILES string of the molecule is CCOC(=O)C(O)C1CC(C)(C)CC1C. The molecule has 0 amide bonds. The Morgan fingerprint density at radius 3 is 2.53 bits per heavy atom. The van der Waals surface area contributed by atoms with Crippen LogP contribution in [0.3, 0.4) is 0 Å². The van der Waals surface area contributed by atoms with Crippen molar-refractivity contribution in [2.75, 3.05) is 6.61 Å². The van der Waals surface area contributed by atoms with Gasteiger partial charge in [-0.25, -0.2) is 4.79 Å². The maximum Gasteiger partial charge on any atom is 0.335 e. The summed E-state index contributed by atoms with van der Waals surface area (Å²) < 4.78 is 4.84. The van der Waals surface area contributed by atoms with E-state index in [0.29, 0.717) is 12.5 Å². The largest absolute Gasteiger partial charge is 0.464 e. The molecular formula is C12H22O3. The second-order valence-corrected chi connectivity index (χ2v) is 5.41. The summed E-state index contributed by atoms with van der Waals surface area (Å²) in [6.45, 7) is 8.55. The molecule has 88 valence electrons. The highest BCUT2D eigenvalue weighted by atomic mass is 16.5. The molecule has 0 aromatic carbocycles. The number of hydrogen-bond donors (Lipinski definition) is 1. The number of rotatable bonds is 3. The molecule has 0 bridgehead atoms. The predicted octanol–water partition coefficient (Wildman–Crippen LogP) is 1.98. The fourth-order valence-electron chi connectivity index (χ4n) is 2.77. The highest BCUT2D eigenvalue weighted by molar-refractivity contribution is 5.74. The van der Waals surface area contributed by atoms with E-state index < -0.39 is 12.1 Å². The molecule has 3 atom stereocenters. The van der Waals surface area contributed by atoms with Crippen molar-refractivity contribution >= 4 is 5.97 Å². The molecule has 1 saturated carbocycles. The number of ether oxygens (including phenoxy) is 1. The topological polar surface area (TPSA) is 46.5 Å². The third-order valence-electron chi connectivity index (χ3n) is 3.33. The van der Waals surface area contributed by atoms with Gasteiger partial charge in [0.2, 0.25) is 0 Å². The summed E-state index contributed by atoms with van der Waals surface area (Å²) >= 11 is 0. The number of aliphatic hydroxyl groups excluding tert-OH is 1. The van der Waals surface area contributed by atoms with Crippen LogP contribution in [0.15, 0.2) is 0 Å². The minimum absolute atomic E-state index is 0.0547. The van der Waals surface area contributed by atoms with Crippen molar-refractivity contribution in [1.82, 2.24) is 0 Å². The van der Waals surface area contributed by atoms with Crippen molar-refractivity contribution in [2.24, 2.45) is 17.3 Å². The van der Waals surface area contributed by atoms with Crippen LogP contribution in [-0.2, 0) is 9.53 Å². The molecule has 3 nitrogen and oxygen atoms in total. The first-order valence-corrected chi connectivity index (χ1v) is 5.72. The lowest BCUT2D eigenvalue weighted by molar-refractivity contribution is -0.156. The van der Waals surface area contributed by atoms with Gasteiger partial charge in [0.05, 0.1) is 6.61 Å². The van der Waals surface area contributed by atoms with Crippen LogP contribution in [0, 0.1) is 17.3 Å². The summed E-state index contributed by atoms with van der Waals surface area (Å²) in [6.07, 6.45) is 1.02. The molecule has 3 heteroatoms. The lowest BCUT2D eigenvalue weighted by Crippen LogP contribution is -2.33. The van der Waals surface area contributed by atoms with Crippen LogP contribution < -0.4 is 0 Å². The highest BCUT2D eigenvalue weighted by Gasteiger charge is 2.42. The minimum atomic E-state index is -0.943. The van der Waals surface area contributed by atoms with Crippen molar-refractivity contribution in [1.29, 1.82) is 0 Å². The second-order valence-electron chi connectivity index (χ2n) is 5.41. The van der Waals surface area contributed by atoms with E-state index in [9.17, 15) is 9.90 Å². The molecule has 1 aliphatic carbocycles. The van der Waals surface area contributed by atoms with Gasteiger partial charge in [-0.3, -0.25) is 0 Å². The third kappa shape index (κ3) is 2.94. The molecule has 1 rings (SSSR count). The molecule has 0 radical (unpaired) electrons. The van der Waals surface area contributed by atoms with Crippen LogP contribution in [0.1, 0.15) is 40.5 Å². The molecule has 1 fully saturated rings. The second kappa shape index (κ2) is 4.52. The van der Waals surface area contributed by atoms with E-state index >= 15 is 0 Å². The summed E-state index contributed by atoms with van der Waals surface area (Å²) in [7, 11) is 0. The van der Waals surface area contributed by atoms with Crippen LogP contribution in [0.25, 0.3) is 0 Å². The first-order valence-electron chi connectivity index (χ1n) is 5.72. The van der Waals surface area contributed by atoms with Crippen LogP contribution >= 0.6 is 0 Å². The Balaban J connectivity index is 2.61.